The molecule has 0 aromatic heterocycles. The molecular formula is C12H14BrClN2O2. The van der Waals surface area contributed by atoms with E-state index in [1.807, 2.05) is 12.1 Å². The summed E-state index contributed by atoms with van der Waals surface area (Å²) in [7, 11) is 0. The van der Waals surface area contributed by atoms with Gasteiger partial charge in [-0.2, -0.15) is 0 Å². The van der Waals surface area contributed by atoms with Crippen molar-refractivity contribution in [2.45, 2.75) is 26.4 Å². The molecule has 0 aliphatic heterocycles. The first kappa shape index (κ1) is 15.0. The largest absolute Gasteiger partial charge is 0.350 e. The number of amides is 2. The van der Waals surface area contributed by atoms with Crippen LogP contribution in [0.4, 0.5) is 0 Å². The summed E-state index contributed by atoms with van der Waals surface area (Å²) in [5.74, 6) is -0.483. The van der Waals surface area contributed by atoms with Crippen molar-refractivity contribution in [3.05, 3.63) is 33.3 Å². The minimum atomic E-state index is -0.559. The van der Waals surface area contributed by atoms with Crippen LogP contribution in [-0.4, -0.2) is 17.9 Å². The number of carbonyl (C=O) groups excluding carboxylic acids is 2. The molecule has 0 fully saturated rings. The molecule has 4 nitrogen and oxygen atoms in total. The van der Waals surface area contributed by atoms with E-state index in [9.17, 15) is 9.59 Å². The second-order valence-corrected chi connectivity index (χ2v) is 5.20. The van der Waals surface area contributed by atoms with Crippen LogP contribution in [0.5, 0.6) is 0 Å². The molecule has 0 spiro atoms. The Morgan fingerprint density at radius 2 is 2.11 bits per heavy atom. The summed E-state index contributed by atoms with van der Waals surface area (Å²) in [6, 6.07) is 4.89. The lowest BCUT2D eigenvalue weighted by Crippen LogP contribution is -2.43. The fourth-order valence-corrected chi connectivity index (χ4v) is 2.11. The Morgan fingerprint density at radius 1 is 1.44 bits per heavy atom. The fourth-order valence-electron chi connectivity index (χ4n) is 1.37. The monoisotopic (exact) mass is 332 g/mol. The van der Waals surface area contributed by atoms with E-state index < -0.39 is 6.04 Å². The highest BCUT2D eigenvalue weighted by atomic mass is 79.9. The fraction of sp³-hybridized carbons (Fsp3) is 0.333. The highest BCUT2D eigenvalue weighted by Gasteiger charge is 2.13. The third kappa shape index (κ3) is 4.66. The maximum Gasteiger partial charge on any atom is 0.242 e. The number of nitrogens with one attached hydrogen (secondary N) is 2. The average Bonchev–Trinajstić information content (AvgIpc) is 2.26. The van der Waals surface area contributed by atoms with Gasteiger partial charge in [-0.25, -0.2) is 0 Å². The second-order valence-electron chi connectivity index (χ2n) is 3.88. The van der Waals surface area contributed by atoms with E-state index in [2.05, 4.69) is 26.6 Å². The molecule has 0 saturated carbocycles. The molecule has 2 N–H and O–H groups in total. The van der Waals surface area contributed by atoms with Gasteiger partial charge in [0.05, 0.1) is 0 Å². The molecule has 1 aromatic carbocycles. The van der Waals surface area contributed by atoms with Crippen molar-refractivity contribution in [3.8, 4) is 0 Å². The highest BCUT2D eigenvalue weighted by Crippen LogP contribution is 2.21. The third-order valence-electron chi connectivity index (χ3n) is 2.28. The van der Waals surface area contributed by atoms with Gasteiger partial charge in [-0.3, -0.25) is 9.59 Å². The summed E-state index contributed by atoms with van der Waals surface area (Å²) in [5.41, 5.74) is 0.822. The van der Waals surface area contributed by atoms with Gasteiger partial charge in [-0.1, -0.05) is 33.6 Å². The van der Waals surface area contributed by atoms with E-state index in [0.717, 1.165) is 10.0 Å². The Hall–Kier alpha value is -1.07. The van der Waals surface area contributed by atoms with E-state index in [0.29, 0.717) is 11.6 Å². The Kier molecular flexibility index (Phi) is 5.62. The van der Waals surface area contributed by atoms with Gasteiger partial charge in [0.25, 0.3) is 0 Å². The standard InChI is InChI=1S/C12H14BrClN2O2/c1-7(16-8(2)17)12(18)15-6-9-3-4-10(13)5-11(9)14/h3-5,7H,6H2,1-2H3,(H,15,18)(H,16,17). The van der Waals surface area contributed by atoms with Gasteiger partial charge in [0, 0.05) is 23.0 Å². The Bertz CT molecular complexity index is 465. The van der Waals surface area contributed by atoms with E-state index in [4.69, 9.17) is 11.6 Å². The summed E-state index contributed by atoms with van der Waals surface area (Å²) in [5, 5.41) is 5.80. The third-order valence-corrected chi connectivity index (χ3v) is 3.13. The van der Waals surface area contributed by atoms with Crippen LogP contribution in [0.15, 0.2) is 22.7 Å². The zero-order chi connectivity index (χ0) is 13.7. The number of halogens is 2. The molecule has 1 rings (SSSR count). The summed E-state index contributed by atoms with van der Waals surface area (Å²) in [4.78, 5) is 22.5. The van der Waals surface area contributed by atoms with Gasteiger partial charge in [0.15, 0.2) is 0 Å². The van der Waals surface area contributed by atoms with Gasteiger partial charge in [0.2, 0.25) is 11.8 Å². The van der Waals surface area contributed by atoms with Crippen molar-refractivity contribution in [1.29, 1.82) is 0 Å². The number of rotatable bonds is 4. The molecule has 0 aliphatic carbocycles. The Labute approximate surface area is 119 Å². The predicted molar refractivity (Wildman–Crippen MR) is 74.3 cm³/mol. The molecule has 6 heteroatoms. The molecule has 18 heavy (non-hydrogen) atoms. The minimum absolute atomic E-state index is 0.237. The molecule has 0 saturated heterocycles. The number of hydrogen-bond donors (Lipinski definition) is 2. The van der Waals surface area contributed by atoms with Gasteiger partial charge in [-0.05, 0) is 24.6 Å². The summed E-state index contributed by atoms with van der Waals surface area (Å²) in [6.45, 7) is 3.32. The van der Waals surface area contributed by atoms with Crippen molar-refractivity contribution >= 4 is 39.3 Å². The number of carbonyl (C=O) groups is 2. The topological polar surface area (TPSA) is 58.2 Å². The number of hydrogen-bond acceptors (Lipinski definition) is 2. The van der Waals surface area contributed by atoms with Crippen molar-refractivity contribution < 1.29 is 9.59 Å². The summed E-state index contributed by atoms with van der Waals surface area (Å²) >= 11 is 9.33. The minimum Gasteiger partial charge on any atom is -0.350 e. The maximum absolute atomic E-state index is 11.7. The first-order chi connectivity index (χ1) is 8.40. The lowest BCUT2D eigenvalue weighted by atomic mass is 10.2. The van der Waals surface area contributed by atoms with Crippen LogP contribution in [0.1, 0.15) is 19.4 Å². The van der Waals surface area contributed by atoms with Crippen LogP contribution in [0.3, 0.4) is 0 Å². The first-order valence-electron chi connectivity index (χ1n) is 5.39. The van der Waals surface area contributed by atoms with Gasteiger partial charge in [-0.15, -0.1) is 0 Å². The molecule has 2 amide bonds. The molecule has 1 unspecified atom stereocenters. The molecule has 0 radical (unpaired) electrons. The Morgan fingerprint density at radius 3 is 2.67 bits per heavy atom. The molecule has 0 aliphatic rings. The van der Waals surface area contributed by atoms with Crippen LogP contribution in [0.2, 0.25) is 5.02 Å². The molecule has 98 valence electrons. The molecule has 0 bridgehead atoms. The summed E-state index contributed by atoms with van der Waals surface area (Å²) < 4.78 is 0.884. The van der Waals surface area contributed by atoms with Crippen LogP contribution in [0, 0.1) is 0 Å². The van der Waals surface area contributed by atoms with Crippen LogP contribution in [0.25, 0.3) is 0 Å². The summed E-state index contributed by atoms with van der Waals surface area (Å²) in [6.07, 6.45) is 0. The highest BCUT2D eigenvalue weighted by molar-refractivity contribution is 9.10. The predicted octanol–water partition coefficient (Wildman–Crippen LogP) is 2.24. The lowest BCUT2D eigenvalue weighted by Gasteiger charge is -2.13. The zero-order valence-corrected chi connectivity index (χ0v) is 12.4. The van der Waals surface area contributed by atoms with Crippen molar-refractivity contribution in [1.82, 2.24) is 10.6 Å². The zero-order valence-electron chi connectivity index (χ0n) is 10.1. The van der Waals surface area contributed by atoms with Gasteiger partial charge >= 0.3 is 0 Å². The van der Waals surface area contributed by atoms with Gasteiger partial charge in [0.1, 0.15) is 6.04 Å². The van der Waals surface area contributed by atoms with Crippen molar-refractivity contribution in [2.75, 3.05) is 0 Å². The van der Waals surface area contributed by atoms with Gasteiger partial charge < -0.3 is 10.6 Å². The molecule has 0 heterocycles. The molecular weight excluding hydrogens is 320 g/mol. The second kappa shape index (κ2) is 6.75. The smallest absolute Gasteiger partial charge is 0.242 e. The number of benzene rings is 1. The van der Waals surface area contributed by atoms with Crippen LogP contribution >= 0.6 is 27.5 Å². The van der Waals surface area contributed by atoms with E-state index >= 15 is 0 Å². The van der Waals surface area contributed by atoms with Crippen molar-refractivity contribution in [3.63, 3.8) is 0 Å². The molecule has 1 aromatic rings. The maximum atomic E-state index is 11.7. The van der Waals surface area contributed by atoms with Crippen LogP contribution in [-0.2, 0) is 16.1 Å². The normalized spacial score (nSPS) is 11.8. The van der Waals surface area contributed by atoms with Crippen LogP contribution < -0.4 is 10.6 Å². The lowest BCUT2D eigenvalue weighted by molar-refractivity contribution is -0.127. The quantitative estimate of drug-likeness (QED) is 0.888. The average molecular weight is 334 g/mol. The van der Waals surface area contributed by atoms with Crippen molar-refractivity contribution in [2.24, 2.45) is 0 Å². The SMILES string of the molecule is CC(=O)NC(C)C(=O)NCc1ccc(Br)cc1Cl. The molecule has 1 atom stereocenters. The van der Waals surface area contributed by atoms with E-state index in [1.54, 1.807) is 13.0 Å². The van der Waals surface area contributed by atoms with E-state index in [1.165, 1.54) is 6.92 Å². The first-order valence-corrected chi connectivity index (χ1v) is 6.56. The Balaban J connectivity index is 2.54. The van der Waals surface area contributed by atoms with E-state index in [-0.39, 0.29) is 11.8 Å².